The summed E-state index contributed by atoms with van der Waals surface area (Å²) in [6.07, 6.45) is 1.67. The van der Waals surface area contributed by atoms with Gasteiger partial charge in [0.1, 0.15) is 5.00 Å². The molecular formula is C11H14N2O2S2. The Morgan fingerprint density at radius 2 is 2.47 bits per heavy atom. The number of carbonyl (C=O) groups is 1. The summed E-state index contributed by atoms with van der Waals surface area (Å²) in [6.45, 7) is 6.19. The van der Waals surface area contributed by atoms with Crippen LogP contribution < -0.4 is 10.6 Å². The van der Waals surface area contributed by atoms with E-state index in [2.05, 4.69) is 6.58 Å². The molecule has 0 aliphatic carbocycles. The van der Waals surface area contributed by atoms with E-state index in [0.717, 1.165) is 0 Å². The van der Waals surface area contributed by atoms with Gasteiger partial charge in [-0.05, 0) is 30.6 Å². The van der Waals surface area contributed by atoms with Gasteiger partial charge in [0, 0.05) is 6.54 Å². The lowest BCUT2D eigenvalue weighted by Gasteiger charge is -2.20. The number of anilines is 1. The van der Waals surface area contributed by atoms with Crippen molar-refractivity contribution in [2.75, 3.05) is 18.1 Å². The Bertz CT molecular complexity index is 429. The quantitative estimate of drug-likeness (QED) is 0.505. The molecular weight excluding hydrogens is 256 g/mol. The summed E-state index contributed by atoms with van der Waals surface area (Å²) in [7, 11) is 0. The van der Waals surface area contributed by atoms with Gasteiger partial charge in [-0.15, -0.1) is 17.9 Å². The van der Waals surface area contributed by atoms with Crippen molar-refractivity contribution in [3.63, 3.8) is 0 Å². The average molecular weight is 270 g/mol. The maximum Gasteiger partial charge on any atom is 0.341 e. The third-order valence-corrected chi connectivity index (χ3v) is 3.12. The van der Waals surface area contributed by atoms with Gasteiger partial charge in [0.2, 0.25) is 0 Å². The molecule has 0 fully saturated rings. The number of nitrogens with two attached hydrogens (primary N) is 1. The number of ether oxygens (including phenoxy) is 1. The van der Waals surface area contributed by atoms with Crippen LogP contribution in [0.1, 0.15) is 17.3 Å². The van der Waals surface area contributed by atoms with E-state index in [1.165, 1.54) is 11.3 Å². The molecule has 0 radical (unpaired) electrons. The summed E-state index contributed by atoms with van der Waals surface area (Å²) < 4.78 is 4.97. The van der Waals surface area contributed by atoms with Crippen LogP contribution in [0.4, 0.5) is 5.00 Å². The lowest BCUT2D eigenvalue weighted by Crippen LogP contribution is -2.35. The summed E-state index contributed by atoms with van der Waals surface area (Å²) in [5, 5.41) is 2.70. The van der Waals surface area contributed by atoms with E-state index in [1.807, 2.05) is 0 Å². The lowest BCUT2D eigenvalue weighted by atomic mass is 10.3. The fraction of sp³-hybridized carbons (Fsp3) is 0.273. The molecule has 0 aliphatic rings. The molecule has 0 unspecified atom stereocenters. The Kier molecular flexibility index (Phi) is 5.11. The van der Waals surface area contributed by atoms with E-state index in [-0.39, 0.29) is 11.1 Å². The Labute approximate surface area is 110 Å². The molecule has 0 atom stereocenters. The highest BCUT2D eigenvalue weighted by atomic mass is 32.1. The van der Waals surface area contributed by atoms with Crippen molar-refractivity contribution >= 4 is 39.6 Å². The molecule has 0 bridgehead atoms. The number of hydrogen-bond acceptors (Lipinski definition) is 4. The Hall–Kier alpha value is -1.40. The summed E-state index contributed by atoms with van der Waals surface area (Å²) in [4.78, 5) is 13.4. The molecule has 1 rings (SSSR count). The zero-order valence-electron chi connectivity index (χ0n) is 9.51. The van der Waals surface area contributed by atoms with Gasteiger partial charge < -0.3 is 15.4 Å². The highest BCUT2D eigenvalue weighted by Crippen LogP contribution is 2.28. The Morgan fingerprint density at radius 3 is 3.00 bits per heavy atom. The average Bonchev–Trinajstić information content (AvgIpc) is 2.74. The van der Waals surface area contributed by atoms with E-state index >= 15 is 0 Å². The van der Waals surface area contributed by atoms with E-state index < -0.39 is 0 Å². The zero-order valence-corrected chi connectivity index (χ0v) is 11.1. The van der Waals surface area contributed by atoms with Crippen molar-refractivity contribution < 1.29 is 9.53 Å². The molecule has 0 amide bonds. The first-order valence-corrected chi connectivity index (χ1v) is 6.33. The van der Waals surface area contributed by atoms with Crippen molar-refractivity contribution in [3.05, 3.63) is 29.7 Å². The fourth-order valence-electron chi connectivity index (χ4n) is 1.28. The number of thiocarbonyl (C=S) groups is 1. The summed E-state index contributed by atoms with van der Waals surface area (Å²) in [5.74, 6) is -0.367. The molecule has 0 aliphatic heterocycles. The van der Waals surface area contributed by atoms with Crippen molar-refractivity contribution in [2.45, 2.75) is 6.92 Å². The van der Waals surface area contributed by atoms with Gasteiger partial charge >= 0.3 is 5.97 Å². The van der Waals surface area contributed by atoms with E-state index in [4.69, 9.17) is 22.7 Å². The number of esters is 1. The predicted octanol–water partition coefficient (Wildman–Crippen LogP) is 2.16. The van der Waals surface area contributed by atoms with E-state index in [9.17, 15) is 4.79 Å². The highest BCUT2D eigenvalue weighted by molar-refractivity contribution is 7.80. The second-order valence-corrected chi connectivity index (χ2v) is 4.41. The zero-order chi connectivity index (χ0) is 12.8. The molecule has 0 aromatic carbocycles. The fourth-order valence-corrected chi connectivity index (χ4v) is 2.41. The molecule has 0 saturated carbocycles. The van der Waals surface area contributed by atoms with Gasteiger partial charge in [-0.2, -0.15) is 0 Å². The summed E-state index contributed by atoms with van der Waals surface area (Å²) in [6, 6.07) is 1.70. The molecule has 0 saturated heterocycles. The van der Waals surface area contributed by atoms with Crippen LogP contribution in [0, 0.1) is 0 Å². The van der Waals surface area contributed by atoms with Crippen LogP contribution >= 0.6 is 23.6 Å². The molecule has 6 heteroatoms. The van der Waals surface area contributed by atoms with Crippen LogP contribution in [0.25, 0.3) is 0 Å². The minimum atomic E-state index is -0.367. The topological polar surface area (TPSA) is 55.6 Å². The minimum absolute atomic E-state index is 0.206. The van der Waals surface area contributed by atoms with Gasteiger partial charge in [-0.25, -0.2) is 4.79 Å². The van der Waals surface area contributed by atoms with Crippen LogP contribution in [0.3, 0.4) is 0 Å². The van der Waals surface area contributed by atoms with E-state index in [1.54, 1.807) is 29.3 Å². The molecule has 2 N–H and O–H groups in total. The standard InChI is InChI=1S/C11H14N2O2S2/c1-3-6-13(11(12)16)9-8(5-7-17-9)10(14)15-4-2/h3,5,7H,1,4,6H2,2H3,(H2,12,16). The molecule has 92 valence electrons. The minimum Gasteiger partial charge on any atom is -0.462 e. The molecule has 1 aromatic heterocycles. The van der Waals surface area contributed by atoms with Crippen LogP contribution in [0.15, 0.2) is 24.1 Å². The molecule has 1 heterocycles. The highest BCUT2D eigenvalue weighted by Gasteiger charge is 2.19. The van der Waals surface area contributed by atoms with Crippen molar-refractivity contribution in [1.82, 2.24) is 0 Å². The first kappa shape index (κ1) is 13.7. The monoisotopic (exact) mass is 270 g/mol. The first-order valence-electron chi connectivity index (χ1n) is 5.04. The van der Waals surface area contributed by atoms with Gasteiger partial charge in [-0.1, -0.05) is 6.08 Å². The third-order valence-electron chi connectivity index (χ3n) is 1.96. The van der Waals surface area contributed by atoms with Crippen molar-refractivity contribution in [1.29, 1.82) is 0 Å². The second-order valence-electron chi connectivity index (χ2n) is 3.10. The maximum absolute atomic E-state index is 11.7. The van der Waals surface area contributed by atoms with Crippen LogP contribution in [0.2, 0.25) is 0 Å². The molecule has 0 spiro atoms. The number of thiophene rings is 1. The van der Waals surface area contributed by atoms with Gasteiger partial charge in [0.25, 0.3) is 0 Å². The summed E-state index contributed by atoms with van der Waals surface area (Å²) in [5.41, 5.74) is 6.10. The van der Waals surface area contributed by atoms with Crippen molar-refractivity contribution in [2.24, 2.45) is 5.73 Å². The lowest BCUT2D eigenvalue weighted by molar-refractivity contribution is 0.0528. The SMILES string of the molecule is C=CCN(C(N)=S)c1sccc1C(=O)OCC. The largest absolute Gasteiger partial charge is 0.462 e. The molecule has 1 aromatic rings. The Morgan fingerprint density at radius 1 is 1.76 bits per heavy atom. The van der Waals surface area contributed by atoms with Crippen LogP contribution in [-0.4, -0.2) is 24.2 Å². The number of rotatable bonds is 5. The number of carbonyl (C=O) groups excluding carboxylic acids is 1. The normalized spacial score (nSPS) is 9.71. The molecule has 17 heavy (non-hydrogen) atoms. The predicted molar refractivity (Wildman–Crippen MR) is 74.6 cm³/mol. The smallest absolute Gasteiger partial charge is 0.341 e. The molecule has 4 nitrogen and oxygen atoms in total. The van der Waals surface area contributed by atoms with Crippen LogP contribution in [0.5, 0.6) is 0 Å². The Balaban J connectivity index is 3.03. The van der Waals surface area contributed by atoms with Gasteiger partial charge in [0.05, 0.1) is 12.2 Å². The maximum atomic E-state index is 11.7. The summed E-state index contributed by atoms with van der Waals surface area (Å²) >= 11 is 6.34. The van der Waals surface area contributed by atoms with E-state index in [0.29, 0.717) is 23.7 Å². The number of hydrogen-bond donors (Lipinski definition) is 1. The van der Waals surface area contributed by atoms with Crippen LogP contribution in [-0.2, 0) is 4.74 Å². The first-order chi connectivity index (χ1) is 8.11. The third kappa shape index (κ3) is 3.28. The number of nitrogens with zero attached hydrogens (tertiary/aromatic N) is 1. The second kappa shape index (κ2) is 6.36. The van der Waals surface area contributed by atoms with Gasteiger partial charge in [-0.3, -0.25) is 0 Å². The van der Waals surface area contributed by atoms with Crippen molar-refractivity contribution in [3.8, 4) is 0 Å². The van der Waals surface area contributed by atoms with Gasteiger partial charge in [0.15, 0.2) is 5.11 Å².